The number of nitrogens with one attached hydrogen (secondary N) is 1. The molecular weight excluding hydrogens is 338 g/mol. The van der Waals surface area contributed by atoms with E-state index in [9.17, 15) is 0 Å². The van der Waals surface area contributed by atoms with Crippen molar-refractivity contribution in [3.05, 3.63) is 21.0 Å². The Morgan fingerprint density at radius 2 is 2.31 bits per heavy atom. The summed E-state index contributed by atoms with van der Waals surface area (Å²) in [5.74, 6) is 0.917. The van der Waals surface area contributed by atoms with E-state index in [4.69, 9.17) is 9.15 Å². The molecule has 0 radical (unpaired) electrons. The van der Waals surface area contributed by atoms with Crippen LogP contribution in [-0.4, -0.2) is 18.8 Å². The van der Waals surface area contributed by atoms with Crippen LogP contribution in [0.2, 0.25) is 0 Å². The van der Waals surface area contributed by atoms with Gasteiger partial charge in [-0.15, -0.1) is 0 Å². The summed E-state index contributed by atoms with van der Waals surface area (Å²) in [6, 6.07) is 1.97. The molecule has 0 spiro atoms. The summed E-state index contributed by atoms with van der Waals surface area (Å²) in [6.45, 7) is 4.63. The van der Waals surface area contributed by atoms with Gasteiger partial charge in [0.2, 0.25) is 0 Å². The summed E-state index contributed by atoms with van der Waals surface area (Å²) in [6.07, 6.45) is 2.29. The van der Waals surface area contributed by atoms with Gasteiger partial charge in [0.1, 0.15) is 5.76 Å². The van der Waals surface area contributed by atoms with Crippen LogP contribution in [0.1, 0.15) is 25.5 Å². The van der Waals surface area contributed by atoms with E-state index in [0.29, 0.717) is 0 Å². The maximum atomic E-state index is 5.70. The highest BCUT2D eigenvalue weighted by Crippen LogP contribution is 2.27. The van der Waals surface area contributed by atoms with Crippen molar-refractivity contribution >= 4 is 31.9 Å². The molecule has 2 rings (SSSR count). The Bertz CT molecular complexity index is 339. The molecule has 16 heavy (non-hydrogen) atoms. The SMILES string of the molecule is CC1(CNCc2cc(Br)c(Br)o2)CCCO1. The van der Waals surface area contributed by atoms with Gasteiger partial charge in [0.15, 0.2) is 4.67 Å². The molecule has 1 unspecified atom stereocenters. The summed E-state index contributed by atoms with van der Waals surface area (Å²) < 4.78 is 12.9. The third kappa shape index (κ3) is 3.09. The molecule has 5 heteroatoms. The van der Waals surface area contributed by atoms with E-state index in [2.05, 4.69) is 44.1 Å². The van der Waals surface area contributed by atoms with E-state index in [-0.39, 0.29) is 5.60 Å². The molecule has 1 aliphatic heterocycles. The Morgan fingerprint density at radius 1 is 1.50 bits per heavy atom. The zero-order valence-corrected chi connectivity index (χ0v) is 12.4. The minimum absolute atomic E-state index is 0.00105. The van der Waals surface area contributed by atoms with Crippen LogP contribution in [0.4, 0.5) is 0 Å². The molecule has 0 bridgehead atoms. The molecule has 1 aromatic rings. The number of rotatable bonds is 4. The highest BCUT2D eigenvalue weighted by atomic mass is 79.9. The zero-order valence-electron chi connectivity index (χ0n) is 9.19. The average molecular weight is 353 g/mol. The van der Waals surface area contributed by atoms with Crippen LogP contribution in [0.15, 0.2) is 19.6 Å². The Balaban J connectivity index is 1.79. The Hall–Kier alpha value is 0.160. The topological polar surface area (TPSA) is 34.4 Å². The van der Waals surface area contributed by atoms with Crippen LogP contribution in [0.5, 0.6) is 0 Å². The summed E-state index contributed by atoms with van der Waals surface area (Å²) in [5.41, 5.74) is 0.00105. The van der Waals surface area contributed by atoms with Crippen LogP contribution in [0, 0.1) is 0 Å². The zero-order chi connectivity index (χ0) is 11.6. The van der Waals surface area contributed by atoms with Crippen molar-refractivity contribution in [2.75, 3.05) is 13.2 Å². The standard InChI is InChI=1S/C11H15Br2NO2/c1-11(3-2-4-15-11)7-14-6-8-5-9(12)10(13)16-8/h5,14H,2-4,6-7H2,1H3. The monoisotopic (exact) mass is 351 g/mol. The minimum atomic E-state index is 0.00105. The van der Waals surface area contributed by atoms with Gasteiger partial charge in [-0.25, -0.2) is 0 Å². The Labute approximate surface area is 112 Å². The van der Waals surface area contributed by atoms with E-state index in [1.165, 1.54) is 0 Å². The molecule has 1 aromatic heterocycles. The van der Waals surface area contributed by atoms with Crippen molar-refractivity contribution < 1.29 is 9.15 Å². The second-order valence-electron chi connectivity index (χ2n) is 4.34. The van der Waals surface area contributed by atoms with Crippen LogP contribution in [-0.2, 0) is 11.3 Å². The average Bonchev–Trinajstić information content (AvgIpc) is 2.76. The van der Waals surface area contributed by atoms with E-state index in [0.717, 1.165) is 47.4 Å². The first-order valence-corrected chi connectivity index (χ1v) is 6.96. The van der Waals surface area contributed by atoms with Crippen LogP contribution in [0.25, 0.3) is 0 Å². The van der Waals surface area contributed by atoms with Crippen LogP contribution >= 0.6 is 31.9 Å². The summed E-state index contributed by atoms with van der Waals surface area (Å²) in [4.78, 5) is 0. The number of halogens is 2. The second kappa shape index (κ2) is 5.21. The molecular formula is C11H15Br2NO2. The van der Waals surface area contributed by atoms with Crippen LogP contribution in [0.3, 0.4) is 0 Å². The predicted octanol–water partition coefficient (Wildman–Crippen LogP) is 3.46. The number of furan rings is 1. The lowest BCUT2D eigenvalue weighted by Crippen LogP contribution is -2.36. The summed E-state index contributed by atoms with van der Waals surface area (Å²) in [7, 11) is 0. The molecule has 1 fully saturated rings. The van der Waals surface area contributed by atoms with Gasteiger partial charge in [0, 0.05) is 13.2 Å². The lowest BCUT2D eigenvalue weighted by atomic mass is 10.0. The quantitative estimate of drug-likeness (QED) is 0.901. The fourth-order valence-electron chi connectivity index (χ4n) is 1.90. The van der Waals surface area contributed by atoms with Gasteiger partial charge in [-0.2, -0.15) is 0 Å². The normalized spacial score (nSPS) is 25.2. The summed E-state index contributed by atoms with van der Waals surface area (Å²) in [5, 5.41) is 3.36. The highest BCUT2D eigenvalue weighted by Gasteiger charge is 2.29. The first-order valence-electron chi connectivity index (χ1n) is 5.37. The first kappa shape index (κ1) is 12.6. The summed E-state index contributed by atoms with van der Waals surface area (Å²) >= 11 is 6.71. The highest BCUT2D eigenvalue weighted by molar-refractivity contribution is 9.13. The first-order chi connectivity index (χ1) is 7.59. The Morgan fingerprint density at radius 3 is 2.88 bits per heavy atom. The molecule has 3 nitrogen and oxygen atoms in total. The van der Waals surface area contributed by atoms with Gasteiger partial charge in [-0.05, 0) is 57.7 Å². The van der Waals surface area contributed by atoms with Crippen molar-refractivity contribution in [3.8, 4) is 0 Å². The molecule has 2 heterocycles. The molecule has 1 aliphatic rings. The van der Waals surface area contributed by atoms with Gasteiger partial charge >= 0.3 is 0 Å². The molecule has 1 N–H and O–H groups in total. The maximum absolute atomic E-state index is 5.70. The van der Waals surface area contributed by atoms with Crippen molar-refractivity contribution in [1.82, 2.24) is 5.32 Å². The maximum Gasteiger partial charge on any atom is 0.183 e. The molecule has 90 valence electrons. The van der Waals surface area contributed by atoms with Crippen molar-refractivity contribution in [2.45, 2.75) is 31.9 Å². The number of ether oxygens (including phenoxy) is 1. The van der Waals surface area contributed by atoms with E-state index in [1.54, 1.807) is 0 Å². The molecule has 0 saturated carbocycles. The van der Waals surface area contributed by atoms with Gasteiger partial charge in [-0.1, -0.05) is 0 Å². The third-order valence-corrected chi connectivity index (χ3v) is 4.50. The second-order valence-corrected chi connectivity index (χ2v) is 5.91. The number of hydrogen-bond acceptors (Lipinski definition) is 3. The fourth-order valence-corrected chi connectivity index (χ4v) is 2.56. The van der Waals surface area contributed by atoms with Gasteiger partial charge in [-0.3, -0.25) is 0 Å². The molecule has 0 amide bonds. The fraction of sp³-hybridized carbons (Fsp3) is 0.636. The lowest BCUT2D eigenvalue weighted by Gasteiger charge is -2.23. The minimum Gasteiger partial charge on any atom is -0.452 e. The number of hydrogen-bond donors (Lipinski definition) is 1. The van der Waals surface area contributed by atoms with Gasteiger partial charge in [0.25, 0.3) is 0 Å². The largest absolute Gasteiger partial charge is 0.452 e. The van der Waals surface area contributed by atoms with Crippen LogP contribution < -0.4 is 5.32 Å². The molecule has 1 saturated heterocycles. The lowest BCUT2D eigenvalue weighted by molar-refractivity contribution is 0.0204. The smallest absolute Gasteiger partial charge is 0.183 e. The van der Waals surface area contributed by atoms with E-state index >= 15 is 0 Å². The molecule has 0 aliphatic carbocycles. The van der Waals surface area contributed by atoms with E-state index < -0.39 is 0 Å². The Kier molecular flexibility index (Phi) is 4.11. The van der Waals surface area contributed by atoms with Gasteiger partial charge in [0.05, 0.1) is 16.6 Å². The predicted molar refractivity (Wildman–Crippen MR) is 69.4 cm³/mol. The van der Waals surface area contributed by atoms with Crippen molar-refractivity contribution in [3.63, 3.8) is 0 Å². The third-order valence-electron chi connectivity index (χ3n) is 2.79. The molecule has 1 atom stereocenters. The van der Waals surface area contributed by atoms with E-state index in [1.807, 2.05) is 6.07 Å². The molecule has 0 aromatic carbocycles. The van der Waals surface area contributed by atoms with Crippen molar-refractivity contribution in [1.29, 1.82) is 0 Å². The van der Waals surface area contributed by atoms with Crippen molar-refractivity contribution in [2.24, 2.45) is 0 Å². The van der Waals surface area contributed by atoms with Gasteiger partial charge < -0.3 is 14.5 Å².